The summed E-state index contributed by atoms with van der Waals surface area (Å²) in [6.07, 6.45) is 4.30. The van der Waals surface area contributed by atoms with Gasteiger partial charge >= 0.3 is 0 Å². The van der Waals surface area contributed by atoms with Crippen LogP contribution in [0, 0.1) is 0 Å². The number of benzene rings is 1. The summed E-state index contributed by atoms with van der Waals surface area (Å²) in [6, 6.07) is 9.82. The van der Waals surface area contributed by atoms with Gasteiger partial charge < -0.3 is 0 Å². The van der Waals surface area contributed by atoms with Gasteiger partial charge in [0.15, 0.2) is 0 Å². The van der Waals surface area contributed by atoms with Gasteiger partial charge in [-0.15, -0.1) is 11.3 Å². The van der Waals surface area contributed by atoms with Crippen LogP contribution in [0.5, 0.6) is 0 Å². The van der Waals surface area contributed by atoms with E-state index in [0.29, 0.717) is 12.5 Å². The number of thiophene rings is 1. The zero-order valence-corrected chi connectivity index (χ0v) is 14.5. The van der Waals surface area contributed by atoms with Gasteiger partial charge in [-0.25, -0.2) is 4.98 Å². The van der Waals surface area contributed by atoms with E-state index in [2.05, 4.69) is 0 Å². The molecule has 1 aliphatic carbocycles. The maximum atomic E-state index is 13.0. The number of rotatable bonds is 2. The maximum Gasteiger partial charge on any atom is 0.264 e. The molecule has 0 atom stereocenters. The summed E-state index contributed by atoms with van der Waals surface area (Å²) in [5.74, 6) is 0.421. The summed E-state index contributed by atoms with van der Waals surface area (Å²) in [4.78, 5) is 34.0. The molecule has 0 spiro atoms. The van der Waals surface area contributed by atoms with Gasteiger partial charge in [0.1, 0.15) is 11.4 Å². The first-order valence-electron chi connectivity index (χ1n) is 8.62. The third-order valence-corrected chi connectivity index (χ3v) is 6.26. The van der Waals surface area contributed by atoms with Crippen LogP contribution in [0.1, 0.15) is 28.8 Å². The van der Waals surface area contributed by atoms with Crippen molar-refractivity contribution in [2.75, 3.05) is 4.90 Å². The van der Waals surface area contributed by atoms with E-state index in [1.54, 1.807) is 20.8 Å². The fourth-order valence-electron chi connectivity index (χ4n) is 3.83. The van der Waals surface area contributed by atoms with Gasteiger partial charge in [0.2, 0.25) is 11.9 Å². The summed E-state index contributed by atoms with van der Waals surface area (Å²) in [5, 5.41) is 0.748. The van der Waals surface area contributed by atoms with Crippen molar-refractivity contribution < 1.29 is 4.79 Å². The number of carbonyl (C=O) groups is 1. The lowest BCUT2D eigenvalue weighted by atomic mass is 9.97. The molecule has 0 radical (unpaired) electrons. The van der Waals surface area contributed by atoms with E-state index in [-0.39, 0.29) is 18.0 Å². The summed E-state index contributed by atoms with van der Waals surface area (Å²) in [5.41, 5.74) is 2.15. The number of nitrogens with zero attached hydrogens (tertiary/aromatic N) is 3. The summed E-state index contributed by atoms with van der Waals surface area (Å²) in [6.45, 7) is 0.539. The number of amides is 1. The first kappa shape index (κ1) is 14.8. The highest BCUT2D eigenvalue weighted by Crippen LogP contribution is 2.35. The van der Waals surface area contributed by atoms with Crippen LogP contribution in [0.25, 0.3) is 10.2 Å². The van der Waals surface area contributed by atoms with Crippen molar-refractivity contribution in [3.63, 3.8) is 0 Å². The van der Waals surface area contributed by atoms with Gasteiger partial charge in [-0.3, -0.25) is 19.1 Å². The third-order valence-electron chi connectivity index (χ3n) is 5.07. The second-order valence-corrected chi connectivity index (χ2v) is 7.74. The second-order valence-electron chi connectivity index (χ2n) is 6.66. The fraction of sp³-hybridized carbons (Fsp3) is 0.316. The number of fused-ring (bicyclic) bond motifs is 4. The van der Waals surface area contributed by atoms with Crippen molar-refractivity contribution in [2.45, 2.75) is 38.8 Å². The van der Waals surface area contributed by atoms with Crippen LogP contribution in [0.15, 0.2) is 35.1 Å². The number of hydrogen-bond donors (Lipinski definition) is 0. The Hall–Kier alpha value is -2.47. The Morgan fingerprint density at radius 2 is 1.88 bits per heavy atom. The Labute approximate surface area is 148 Å². The van der Waals surface area contributed by atoms with E-state index in [4.69, 9.17) is 4.98 Å². The quantitative estimate of drug-likeness (QED) is 0.713. The molecule has 3 aromatic rings. The maximum absolute atomic E-state index is 13.0. The van der Waals surface area contributed by atoms with Crippen molar-refractivity contribution in [3.8, 4) is 0 Å². The Balaban J connectivity index is 1.66. The molecular formula is C19H17N3O2S. The number of aryl methyl sites for hydroxylation is 2. The second kappa shape index (κ2) is 5.52. The molecule has 126 valence electrons. The van der Waals surface area contributed by atoms with E-state index in [9.17, 15) is 9.59 Å². The van der Waals surface area contributed by atoms with Crippen molar-refractivity contribution in [1.29, 1.82) is 0 Å². The normalized spacial score (nSPS) is 16.3. The van der Waals surface area contributed by atoms with E-state index in [0.717, 1.165) is 35.0 Å². The highest BCUT2D eigenvalue weighted by molar-refractivity contribution is 7.18. The lowest BCUT2D eigenvalue weighted by molar-refractivity contribution is -0.118. The number of aromatic nitrogens is 2. The van der Waals surface area contributed by atoms with Crippen molar-refractivity contribution in [3.05, 3.63) is 56.7 Å². The van der Waals surface area contributed by atoms with Gasteiger partial charge in [-0.1, -0.05) is 30.3 Å². The topological polar surface area (TPSA) is 55.2 Å². The average molecular weight is 351 g/mol. The van der Waals surface area contributed by atoms with Crippen LogP contribution in [-0.4, -0.2) is 15.5 Å². The molecule has 1 aliphatic heterocycles. The zero-order valence-electron chi connectivity index (χ0n) is 13.7. The van der Waals surface area contributed by atoms with Gasteiger partial charge in [0, 0.05) is 4.88 Å². The van der Waals surface area contributed by atoms with E-state index >= 15 is 0 Å². The Morgan fingerprint density at radius 1 is 1.08 bits per heavy atom. The molecule has 0 bridgehead atoms. The average Bonchev–Trinajstić information content (AvgIpc) is 3.15. The van der Waals surface area contributed by atoms with E-state index < -0.39 is 0 Å². The van der Waals surface area contributed by atoms with Gasteiger partial charge in [0.25, 0.3) is 5.56 Å². The third kappa shape index (κ3) is 2.24. The molecule has 2 aromatic heterocycles. The van der Waals surface area contributed by atoms with Gasteiger partial charge in [-0.05, 0) is 36.8 Å². The molecule has 0 saturated heterocycles. The van der Waals surface area contributed by atoms with Crippen LogP contribution in [0.2, 0.25) is 0 Å². The SMILES string of the molecule is O=C1Cn2c(nc3sc4c(c3c2=O)CCCC4)N1Cc1ccccc1. The van der Waals surface area contributed by atoms with Crippen LogP contribution in [-0.2, 0) is 30.7 Å². The predicted molar refractivity (Wildman–Crippen MR) is 98.2 cm³/mol. The van der Waals surface area contributed by atoms with Gasteiger partial charge in [-0.2, -0.15) is 0 Å². The van der Waals surface area contributed by atoms with Crippen LogP contribution < -0.4 is 10.5 Å². The molecule has 1 aromatic carbocycles. The molecule has 0 saturated carbocycles. The Bertz CT molecular complexity index is 1050. The predicted octanol–water partition coefficient (Wildman–Crippen LogP) is 2.88. The first-order chi connectivity index (χ1) is 12.2. The lowest BCUT2D eigenvalue weighted by Gasteiger charge is -2.15. The summed E-state index contributed by atoms with van der Waals surface area (Å²) in [7, 11) is 0. The van der Waals surface area contributed by atoms with Crippen molar-refractivity contribution >= 4 is 33.4 Å². The molecule has 6 heteroatoms. The minimum absolute atomic E-state index is 0.0525. The van der Waals surface area contributed by atoms with Crippen LogP contribution >= 0.6 is 11.3 Å². The highest BCUT2D eigenvalue weighted by atomic mass is 32.1. The smallest absolute Gasteiger partial charge is 0.264 e. The molecule has 0 fully saturated rings. The molecule has 25 heavy (non-hydrogen) atoms. The number of anilines is 1. The molecular weight excluding hydrogens is 334 g/mol. The first-order valence-corrected chi connectivity index (χ1v) is 9.43. The number of hydrogen-bond acceptors (Lipinski definition) is 4. The molecule has 3 heterocycles. The zero-order chi connectivity index (χ0) is 17.0. The van der Waals surface area contributed by atoms with Crippen LogP contribution in [0.3, 0.4) is 0 Å². The molecule has 2 aliphatic rings. The van der Waals surface area contributed by atoms with E-state index in [1.165, 1.54) is 16.9 Å². The molecule has 5 rings (SSSR count). The minimum Gasteiger partial charge on any atom is -0.276 e. The molecule has 1 amide bonds. The summed E-state index contributed by atoms with van der Waals surface area (Å²) >= 11 is 1.63. The van der Waals surface area contributed by atoms with Gasteiger partial charge in [0.05, 0.1) is 11.9 Å². The monoisotopic (exact) mass is 351 g/mol. The molecule has 0 unspecified atom stereocenters. The largest absolute Gasteiger partial charge is 0.276 e. The molecule has 5 nitrogen and oxygen atoms in total. The fourth-order valence-corrected chi connectivity index (χ4v) is 5.08. The molecule has 0 N–H and O–H groups in total. The summed E-state index contributed by atoms with van der Waals surface area (Å²) < 4.78 is 1.55. The van der Waals surface area contributed by atoms with Crippen LogP contribution in [0.4, 0.5) is 5.95 Å². The number of carbonyl (C=O) groups excluding carboxylic acids is 1. The van der Waals surface area contributed by atoms with Crippen molar-refractivity contribution in [1.82, 2.24) is 9.55 Å². The lowest BCUT2D eigenvalue weighted by Crippen LogP contribution is -2.26. The Kier molecular flexibility index (Phi) is 3.28. The van der Waals surface area contributed by atoms with E-state index in [1.807, 2.05) is 30.3 Å². The standard InChI is InChI=1S/C19H17N3O2S/c23-15-11-22-18(24)16-13-8-4-5-9-14(13)25-17(16)20-19(22)21(15)10-12-6-2-1-3-7-12/h1-3,6-7H,4-5,8-11H2. The Morgan fingerprint density at radius 3 is 2.72 bits per heavy atom. The minimum atomic E-state index is -0.0695. The highest BCUT2D eigenvalue weighted by Gasteiger charge is 2.32. The van der Waals surface area contributed by atoms with Crippen molar-refractivity contribution in [2.24, 2.45) is 0 Å².